The van der Waals surface area contributed by atoms with Gasteiger partial charge in [0.1, 0.15) is 5.75 Å². The van der Waals surface area contributed by atoms with Crippen LogP contribution in [0.4, 0.5) is 5.69 Å². The number of rotatable bonds is 5. The normalized spacial score (nSPS) is 15.5. The zero-order valence-electron chi connectivity index (χ0n) is 11.6. The average molecular weight is 312 g/mol. The van der Waals surface area contributed by atoms with Gasteiger partial charge in [-0.2, -0.15) is 0 Å². The predicted molar refractivity (Wildman–Crippen MR) is 79.8 cm³/mol. The summed E-state index contributed by atoms with van der Waals surface area (Å²) >= 11 is 6.01. The molecular formula is C15H18ClNO4. The second-order valence-corrected chi connectivity index (χ2v) is 5.56. The molecule has 0 aliphatic heterocycles. The van der Waals surface area contributed by atoms with Crippen LogP contribution in [0.3, 0.4) is 0 Å². The van der Waals surface area contributed by atoms with E-state index in [2.05, 4.69) is 5.32 Å². The maximum Gasteiger partial charge on any atom is 0.341 e. The van der Waals surface area contributed by atoms with Crippen LogP contribution in [0, 0.1) is 5.92 Å². The van der Waals surface area contributed by atoms with Crippen LogP contribution < -0.4 is 10.1 Å². The molecule has 5 nitrogen and oxygen atoms in total. The highest BCUT2D eigenvalue weighted by atomic mass is 35.5. The summed E-state index contributed by atoms with van der Waals surface area (Å²) in [5.74, 6) is -0.694. The quantitative estimate of drug-likeness (QED) is 0.874. The third kappa shape index (κ3) is 4.63. The van der Waals surface area contributed by atoms with E-state index in [1.54, 1.807) is 18.2 Å². The SMILES string of the molecule is O=C(O)COc1ccc(NC(=O)C2CCCCC2)cc1Cl. The second kappa shape index (κ2) is 7.31. The van der Waals surface area contributed by atoms with Gasteiger partial charge in [-0.3, -0.25) is 4.79 Å². The number of carbonyl (C=O) groups is 2. The molecule has 0 radical (unpaired) electrons. The molecule has 0 heterocycles. The van der Waals surface area contributed by atoms with Crippen LogP contribution in [0.15, 0.2) is 18.2 Å². The Morgan fingerprint density at radius 2 is 2.00 bits per heavy atom. The van der Waals surface area contributed by atoms with Gasteiger partial charge in [0, 0.05) is 11.6 Å². The highest BCUT2D eigenvalue weighted by Crippen LogP contribution is 2.29. The van der Waals surface area contributed by atoms with Crippen molar-refractivity contribution in [3.8, 4) is 5.75 Å². The Kier molecular flexibility index (Phi) is 5.44. The summed E-state index contributed by atoms with van der Waals surface area (Å²) in [4.78, 5) is 22.6. The smallest absolute Gasteiger partial charge is 0.341 e. The molecule has 1 aliphatic rings. The second-order valence-electron chi connectivity index (χ2n) is 5.15. The van der Waals surface area contributed by atoms with Crippen molar-refractivity contribution in [3.05, 3.63) is 23.2 Å². The molecule has 0 bridgehead atoms. The van der Waals surface area contributed by atoms with E-state index in [-0.39, 0.29) is 22.6 Å². The molecule has 1 aromatic rings. The van der Waals surface area contributed by atoms with Crippen molar-refractivity contribution in [1.82, 2.24) is 0 Å². The Bertz CT molecular complexity index is 526. The number of hydrogen-bond acceptors (Lipinski definition) is 3. The number of carboxylic acid groups (broad SMARTS) is 1. The van der Waals surface area contributed by atoms with Crippen LogP contribution in [0.1, 0.15) is 32.1 Å². The van der Waals surface area contributed by atoms with Gasteiger partial charge in [0.2, 0.25) is 5.91 Å². The van der Waals surface area contributed by atoms with Crippen molar-refractivity contribution in [2.75, 3.05) is 11.9 Å². The molecule has 0 saturated heterocycles. The predicted octanol–water partition coefficient (Wildman–Crippen LogP) is 3.32. The van der Waals surface area contributed by atoms with Gasteiger partial charge in [0.05, 0.1) is 5.02 Å². The summed E-state index contributed by atoms with van der Waals surface area (Å²) in [5, 5.41) is 11.7. The molecule has 114 valence electrons. The number of carboxylic acids is 1. The van der Waals surface area contributed by atoms with Gasteiger partial charge >= 0.3 is 5.97 Å². The monoisotopic (exact) mass is 311 g/mol. The van der Waals surface area contributed by atoms with Gasteiger partial charge in [0.25, 0.3) is 0 Å². The number of amides is 1. The zero-order chi connectivity index (χ0) is 15.2. The molecule has 1 saturated carbocycles. The van der Waals surface area contributed by atoms with E-state index in [1.807, 2.05) is 0 Å². The summed E-state index contributed by atoms with van der Waals surface area (Å²) < 4.78 is 5.03. The van der Waals surface area contributed by atoms with E-state index in [0.717, 1.165) is 25.7 Å². The molecule has 0 aromatic heterocycles. The highest BCUT2D eigenvalue weighted by Gasteiger charge is 2.21. The number of anilines is 1. The number of nitrogens with one attached hydrogen (secondary N) is 1. The first kappa shape index (κ1) is 15.6. The fourth-order valence-corrected chi connectivity index (χ4v) is 2.68. The molecule has 0 unspecified atom stereocenters. The largest absolute Gasteiger partial charge is 0.480 e. The topological polar surface area (TPSA) is 75.6 Å². The number of carbonyl (C=O) groups excluding carboxylic acids is 1. The molecule has 2 N–H and O–H groups in total. The zero-order valence-corrected chi connectivity index (χ0v) is 12.4. The summed E-state index contributed by atoms with van der Waals surface area (Å²) in [6.45, 7) is -0.451. The average Bonchev–Trinajstić information content (AvgIpc) is 2.47. The van der Waals surface area contributed by atoms with Crippen LogP contribution in [-0.2, 0) is 9.59 Å². The lowest BCUT2D eigenvalue weighted by Crippen LogP contribution is -2.24. The van der Waals surface area contributed by atoms with Crippen molar-refractivity contribution in [2.45, 2.75) is 32.1 Å². The maximum atomic E-state index is 12.1. The molecule has 0 spiro atoms. The van der Waals surface area contributed by atoms with Crippen LogP contribution in [0.25, 0.3) is 0 Å². The van der Waals surface area contributed by atoms with E-state index >= 15 is 0 Å². The highest BCUT2D eigenvalue weighted by molar-refractivity contribution is 6.32. The first-order chi connectivity index (χ1) is 10.1. The van der Waals surface area contributed by atoms with Gasteiger partial charge in [-0.05, 0) is 31.0 Å². The van der Waals surface area contributed by atoms with Crippen LogP contribution in [0.2, 0.25) is 5.02 Å². The number of ether oxygens (including phenoxy) is 1. The summed E-state index contributed by atoms with van der Waals surface area (Å²) in [6.07, 6.45) is 5.26. The first-order valence-corrected chi connectivity index (χ1v) is 7.39. The molecule has 21 heavy (non-hydrogen) atoms. The molecule has 1 aromatic carbocycles. The van der Waals surface area contributed by atoms with E-state index in [9.17, 15) is 9.59 Å². The van der Waals surface area contributed by atoms with E-state index in [1.165, 1.54) is 6.42 Å². The van der Waals surface area contributed by atoms with Crippen molar-refractivity contribution in [1.29, 1.82) is 0 Å². The lowest BCUT2D eigenvalue weighted by molar-refractivity contribution is -0.139. The Hall–Kier alpha value is -1.75. The number of halogens is 1. The van der Waals surface area contributed by atoms with Crippen molar-refractivity contribution < 1.29 is 19.4 Å². The molecular weight excluding hydrogens is 294 g/mol. The Balaban J connectivity index is 1.95. The minimum Gasteiger partial charge on any atom is -0.480 e. The summed E-state index contributed by atoms with van der Waals surface area (Å²) in [7, 11) is 0. The van der Waals surface area contributed by atoms with Crippen LogP contribution in [0.5, 0.6) is 5.75 Å². The van der Waals surface area contributed by atoms with Gasteiger partial charge in [-0.15, -0.1) is 0 Å². The Morgan fingerprint density at radius 3 is 2.62 bits per heavy atom. The first-order valence-electron chi connectivity index (χ1n) is 7.01. The number of benzene rings is 1. The van der Waals surface area contributed by atoms with Crippen molar-refractivity contribution in [3.63, 3.8) is 0 Å². The van der Waals surface area contributed by atoms with E-state index in [4.69, 9.17) is 21.4 Å². The summed E-state index contributed by atoms with van der Waals surface area (Å²) in [6, 6.07) is 4.78. The number of aliphatic carboxylic acids is 1. The molecule has 1 amide bonds. The summed E-state index contributed by atoms with van der Waals surface area (Å²) in [5.41, 5.74) is 0.596. The standard InChI is InChI=1S/C15H18ClNO4/c16-12-8-11(6-7-13(12)21-9-14(18)19)17-15(20)10-4-2-1-3-5-10/h6-8,10H,1-5,9H2,(H,17,20)(H,18,19). The molecule has 6 heteroatoms. The molecule has 0 atom stereocenters. The van der Waals surface area contributed by atoms with Gasteiger partial charge in [0.15, 0.2) is 6.61 Å². The lowest BCUT2D eigenvalue weighted by atomic mass is 9.88. The van der Waals surface area contributed by atoms with Gasteiger partial charge in [-0.25, -0.2) is 4.79 Å². The van der Waals surface area contributed by atoms with Crippen molar-refractivity contribution in [2.24, 2.45) is 5.92 Å². The fourth-order valence-electron chi connectivity index (χ4n) is 2.44. The molecule has 1 aliphatic carbocycles. The fraction of sp³-hybridized carbons (Fsp3) is 0.467. The minimum atomic E-state index is -1.07. The number of hydrogen-bond donors (Lipinski definition) is 2. The third-order valence-corrected chi connectivity index (χ3v) is 3.82. The Labute approximate surface area is 128 Å². The van der Waals surface area contributed by atoms with E-state index < -0.39 is 12.6 Å². The van der Waals surface area contributed by atoms with Gasteiger partial charge < -0.3 is 15.2 Å². The van der Waals surface area contributed by atoms with Gasteiger partial charge in [-0.1, -0.05) is 30.9 Å². The van der Waals surface area contributed by atoms with Crippen LogP contribution in [-0.4, -0.2) is 23.6 Å². The van der Waals surface area contributed by atoms with Crippen LogP contribution >= 0.6 is 11.6 Å². The van der Waals surface area contributed by atoms with E-state index in [0.29, 0.717) is 5.69 Å². The Morgan fingerprint density at radius 1 is 1.29 bits per heavy atom. The molecule has 2 rings (SSSR count). The maximum absolute atomic E-state index is 12.1. The third-order valence-electron chi connectivity index (χ3n) is 3.53. The minimum absolute atomic E-state index is 0.0185. The lowest BCUT2D eigenvalue weighted by Gasteiger charge is -2.20. The molecule has 1 fully saturated rings. The van der Waals surface area contributed by atoms with Crippen molar-refractivity contribution >= 4 is 29.2 Å².